The van der Waals surface area contributed by atoms with Gasteiger partial charge in [-0.25, -0.2) is 0 Å². The van der Waals surface area contributed by atoms with Gasteiger partial charge in [0.2, 0.25) is 0 Å². The van der Waals surface area contributed by atoms with Crippen LogP contribution < -0.4 is 5.32 Å². The Morgan fingerprint density at radius 3 is 2.00 bits per heavy atom. The van der Waals surface area contributed by atoms with E-state index in [-0.39, 0.29) is 11.7 Å². The third-order valence-corrected chi connectivity index (χ3v) is 4.54. The largest absolute Gasteiger partial charge is 0.347 e. The van der Waals surface area contributed by atoms with Crippen molar-refractivity contribution in [3.63, 3.8) is 0 Å². The van der Waals surface area contributed by atoms with Gasteiger partial charge in [-0.1, -0.05) is 68.8 Å². The number of carbonyl (C=O) groups excluding carboxylic acids is 2. The molecular formula is C23H28ClNO2. The van der Waals surface area contributed by atoms with Crippen molar-refractivity contribution in [2.45, 2.75) is 53.0 Å². The molecular weight excluding hydrogens is 358 g/mol. The van der Waals surface area contributed by atoms with Crippen molar-refractivity contribution in [2.24, 2.45) is 5.41 Å². The summed E-state index contributed by atoms with van der Waals surface area (Å²) in [7, 11) is 0. The molecule has 0 aliphatic rings. The lowest BCUT2D eigenvalue weighted by Gasteiger charge is -2.28. The van der Waals surface area contributed by atoms with Crippen LogP contribution in [-0.4, -0.2) is 17.2 Å². The van der Waals surface area contributed by atoms with Crippen molar-refractivity contribution < 1.29 is 9.59 Å². The van der Waals surface area contributed by atoms with Gasteiger partial charge < -0.3 is 5.32 Å². The van der Waals surface area contributed by atoms with Crippen LogP contribution in [0.3, 0.4) is 0 Å². The van der Waals surface area contributed by atoms with Crippen molar-refractivity contribution in [1.29, 1.82) is 0 Å². The lowest BCUT2D eigenvalue weighted by molar-refractivity contribution is -0.126. The Morgan fingerprint density at radius 1 is 0.889 bits per heavy atom. The minimum atomic E-state index is -0.611. The standard InChI is InChI=1S/C23H28ClNO2/c1-22(2,3)20(26)18(15-11-8-7-9-12-15)19-16(13-10-14-17(19)24)21(27)25-23(4,5)6/h7-14,18H,1-6H3,(H,25,27). The van der Waals surface area contributed by atoms with Gasteiger partial charge in [0.05, 0.1) is 5.92 Å². The third kappa shape index (κ3) is 5.20. The number of benzene rings is 2. The molecule has 27 heavy (non-hydrogen) atoms. The van der Waals surface area contributed by atoms with E-state index < -0.39 is 16.9 Å². The molecule has 144 valence electrons. The lowest BCUT2D eigenvalue weighted by atomic mass is 9.75. The van der Waals surface area contributed by atoms with Crippen LogP contribution in [0.2, 0.25) is 5.02 Å². The molecule has 1 atom stereocenters. The summed E-state index contributed by atoms with van der Waals surface area (Å²) in [5.41, 5.74) is 0.843. The van der Waals surface area contributed by atoms with Crippen LogP contribution in [0, 0.1) is 5.41 Å². The van der Waals surface area contributed by atoms with Gasteiger partial charge in [-0.05, 0) is 44.0 Å². The van der Waals surface area contributed by atoms with Crippen LogP contribution in [0.15, 0.2) is 48.5 Å². The topological polar surface area (TPSA) is 46.2 Å². The second-order valence-corrected chi connectivity index (χ2v) is 9.27. The summed E-state index contributed by atoms with van der Waals surface area (Å²) >= 11 is 6.55. The van der Waals surface area contributed by atoms with Crippen LogP contribution in [0.1, 0.15) is 68.9 Å². The normalized spacial score (nSPS) is 13.1. The molecule has 0 aliphatic carbocycles. The summed E-state index contributed by atoms with van der Waals surface area (Å²) in [6, 6.07) is 14.7. The number of amides is 1. The smallest absolute Gasteiger partial charge is 0.252 e. The zero-order chi connectivity index (χ0) is 20.4. The maximum atomic E-state index is 13.4. The first kappa shape index (κ1) is 21.2. The van der Waals surface area contributed by atoms with Crippen molar-refractivity contribution in [3.05, 3.63) is 70.2 Å². The minimum absolute atomic E-state index is 0.0200. The number of rotatable bonds is 4. The van der Waals surface area contributed by atoms with E-state index in [9.17, 15) is 9.59 Å². The molecule has 0 aromatic heterocycles. The Kier molecular flexibility index (Phi) is 6.16. The Morgan fingerprint density at radius 2 is 1.48 bits per heavy atom. The van der Waals surface area contributed by atoms with E-state index >= 15 is 0 Å². The van der Waals surface area contributed by atoms with E-state index in [4.69, 9.17) is 11.6 Å². The molecule has 0 saturated carbocycles. The van der Waals surface area contributed by atoms with Crippen LogP contribution in [-0.2, 0) is 4.79 Å². The molecule has 1 unspecified atom stereocenters. The molecule has 4 heteroatoms. The quantitative estimate of drug-likeness (QED) is 0.742. The molecule has 0 aliphatic heterocycles. The average molecular weight is 386 g/mol. The maximum Gasteiger partial charge on any atom is 0.252 e. The van der Waals surface area contributed by atoms with Gasteiger partial charge in [0, 0.05) is 21.5 Å². The fraction of sp³-hybridized carbons (Fsp3) is 0.391. The van der Waals surface area contributed by atoms with Gasteiger partial charge in [0.25, 0.3) is 5.91 Å². The van der Waals surface area contributed by atoms with Gasteiger partial charge in [-0.15, -0.1) is 0 Å². The average Bonchev–Trinajstić information content (AvgIpc) is 2.55. The summed E-state index contributed by atoms with van der Waals surface area (Å²) < 4.78 is 0. The zero-order valence-electron chi connectivity index (χ0n) is 16.9. The molecule has 0 spiro atoms. The molecule has 1 amide bonds. The SMILES string of the molecule is CC(C)(C)NC(=O)c1cccc(Cl)c1C(C(=O)C(C)(C)C)c1ccccc1. The second kappa shape index (κ2) is 7.85. The third-order valence-electron chi connectivity index (χ3n) is 4.21. The summed E-state index contributed by atoms with van der Waals surface area (Å²) in [6.07, 6.45) is 0. The number of hydrogen-bond donors (Lipinski definition) is 1. The highest BCUT2D eigenvalue weighted by Gasteiger charge is 2.35. The number of ketones is 1. The van der Waals surface area contributed by atoms with E-state index in [1.54, 1.807) is 18.2 Å². The Hall–Kier alpha value is -2.13. The number of hydrogen-bond acceptors (Lipinski definition) is 2. The maximum absolute atomic E-state index is 13.4. The Labute approximate surface area is 167 Å². The zero-order valence-corrected chi connectivity index (χ0v) is 17.6. The molecule has 1 N–H and O–H groups in total. The van der Waals surface area contributed by atoms with E-state index in [1.165, 1.54) is 0 Å². The summed E-state index contributed by atoms with van der Waals surface area (Å²) in [6.45, 7) is 11.4. The highest BCUT2D eigenvalue weighted by atomic mass is 35.5. The number of carbonyl (C=O) groups is 2. The summed E-state index contributed by atoms with van der Waals surface area (Å²) in [4.78, 5) is 26.3. The van der Waals surface area contributed by atoms with Gasteiger partial charge >= 0.3 is 0 Å². The molecule has 0 fully saturated rings. The highest BCUT2D eigenvalue weighted by Crippen LogP contribution is 2.38. The molecule has 2 rings (SSSR count). The number of halogens is 1. The van der Waals surface area contributed by atoms with Crippen LogP contribution in [0.25, 0.3) is 0 Å². The summed E-state index contributed by atoms with van der Waals surface area (Å²) in [5.74, 6) is -0.824. The predicted octanol–water partition coefficient (Wildman–Crippen LogP) is 5.62. The number of nitrogens with one attached hydrogen (secondary N) is 1. The predicted molar refractivity (Wildman–Crippen MR) is 111 cm³/mol. The van der Waals surface area contributed by atoms with Crippen molar-refractivity contribution in [1.82, 2.24) is 5.32 Å². The first-order valence-electron chi connectivity index (χ1n) is 9.12. The van der Waals surface area contributed by atoms with Gasteiger partial charge in [-0.2, -0.15) is 0 Å². The molecule has 2 aromatic carbocycles. The van der Waals surface area contributed by atoms with E-state index in [1.807, 2.05) is 71.9 Å². The fourth-order valence-electron chi connectivity index (χ4n) is 2.96. The van der Waals surface area contributed by atoms with Crippen molar-refractivity contribution in [3.8, 4) is 0 Å². The lowest BCUT2D eigenvalue weighted by Crippen LogP contribution is -2.41. The van der Waals surface area contributed by atoms with Crippen LogP contribution in [0.4, 0.5) is 0 Å². The van der Waals surface area contributed by atoms with E-state index in [0.717, 1.165) is 5.56 Å². The number of Topliss-reactive ketones (excluding diaryl/α,β-unsaturated/α-hetero) is 1. The fourth-order valence-corrected chi connectivity index (χ4v) is 3.25. The second-order valence-electron chi connectivity index (χ2n) is 8.86. The molecule has 3 nitrogen and oxygen atoms in total. The van der Waals surface area contributed by atoms with Crippen LogP contribution in [0.5, 0.6) is 0 Å². The molecule has 0 saturated heterocycles. The molecule has 0 radical (unpaired) electrons. The van der Waals surface area contributed by atoms with Gasteiger partial charge in [0.1, 0.15) is 5.78 Å². The first-order valence-corrected chi connectivity index (χ1v) is 9.50. The van der Waals surface area contributed by atoms with Crippen molar-refractivity contribution in [2.75, 3.05) is 0 Å². The van der Waals surface area contributed by atoms with Crippen LogP contribution >= 0.6 is 11.6 Å². The molecule has 0 heterocycles. The minimum Gasteiger partial charge on any atom is -0.347 e. The highest BCUT2D eigenvalue weighted by molar-refractivity contribution is 6.32. The monoisotopic (exact) mass is 385 g/mol. The molecule has 0 bridgehead atoms. The first-order chi connectivity index (χ1) is 12.4. The molecule has 2 aromatic rings. The summed E-state index contributed by atoms with van der Waals surface area (Å²) in [5, 5.41) is 3.40. The Balaban J connectivity index is 2.70. The van der Waals surface area contributed by atoms with E-state index in [0.29, 0.717) is 16.1 Å². The Bertz CT molecular complexity index is 830. The van der Waals surface area contributed by atoms with E-state index in [2.05, 4.69) is 5.32 Å². The van der Waals surface area contributed by atoms with Gasteiger partial charge in [-0.3, -0.25) is 9.59 Å². The van der Waals surface area contributed by atoms with Gasteiger partial charge in [0.15, 0.2) is 0 Å². The van der Waals surface area contributed by atoms with Crippen molar-refractivity contribution >= 4 is 23.3 Å².